The van der Waals surface area contributed by atoms with Gasteiger partial charge in [0, 0.05) is 11.2 Å². The standard InChI is InChI=1S/C10H17NO2S/c1-5-13-8(12)7-6-14-9(11-7)10(2,3)4/h7H,5-6H2,1-4H3/t7-/m0/s1. The molecule has 0 N–H and O–H groups in total. The molecular weight excluding hydrogens is 198 g/mol. The van der Waals surface area contributed by atoms with Gasteiger partial charge in [-0.3, -0.25) is 4.99 Å². The van der Waals surface area contributed by atoms with Gasteiger partial charge in [0.15, 0.2) is 6.04 Å². The zero-order valence-corrected chi connectivity index (χ0v) is 9.98. The van der Waals surface area contributed by atoms with E-state index >= 15 is 0 Å². The highest BCUT2D eigenvalue weighted by atomic mass is 32.2. The number of nitrogens with zero attached hydrogens (tertiary/aromatic N) is 1. The predicted octanol–water partition coefficient (Wildman–Crippen LogP) is 2.11. The van der Waals surface area contributed by atoms with Crippen LogP contribution in [0.4, 0.5) is 0 Å². The molecule has 0 amide bonds. The molecule has 0 aliphatic carbocycles. The van der Waals surface area contributed by atoms with Crippen molar-refractivity contribution in [2.75, 3.05) is 12.4 Å². The molecule has 0 saturated carbocycles. The molecular formula is C10H17NO2S. The Morgan fingerprint density at radius 1 is 1.64 bits per heavy atom. The second kappa shape index (κ2) is 4.34. The molecule has 0 unspecified atom stereocenters. The third-order valence-electron chi connectivity index (χ3n) is 1.85. The fourth-order valence-electron chi connectivity index (χ4n) is 1.14. The molecule has 80 valence electrons. The van der Waals surface area contributed by atoms with Crippen molar-refractivity contribution in [2.45, 2.75) is 33.7 Å². The average Bonchev–Trinajstić information content (AvgIpc) is 2.51. The monoisotopic (exact) mass is 215 g/mol. The van der Waals surface area contributed by atoms with E-state index in [1.165, 1.54) is 0 Å². The van der Waals surface area contributed by atoms with E-state index in [0.717, 1.165) is 10.8 Å². The number of carbonyl (C=O) groups is 1. The van der Waals surface area contributed by atoms with Crippen LogP contribution in [-0.4, -0.2) is 29.4 Å². The number of thioether (sulfide) groups is 1. The molecule has 3 nitrogen and oxygen atoms in total. The summed E-state index contributed by atoms with van der Waals surface area (Å²) in [6, 6.07) is -0.283. The molecule has 0 aromatic carbocycles. The third-order valence-corrected chi connectivity index (χ3v) is 3.32. The summed E-state index contributed by atoms with van der Waals surface area (Å²) in [6.45, 7) is 8.56. The van der Waals surface area contributed by atoms with E-state index in [2.05, 4.69) is 25.8 Å². The largest absolute Gasteiger partial charge is 0.464 e. The van der Waals surface area contributed by atoms with Crippen LogP contribution in [0.3, 0.4) is 0 Å². The molecule has 1 rings (SSSR count). The maximum absolute atomic E-state index is 11.4. The summed E-state index contributed by atoms with van der Waals surface area (Å²) in [7, 11) is 0. The Hall–Kier alpha value is -0.510. The topological polar surface area (TPSA) is 38.7 Å². The second-order valence-electron chi connectivity index (χ2n) is 4.26. The minimum absolute atomic E-state index is 0.0475. The van der Waals surface area contributed by atoms with Crippen molar-refractivity contribution in [3.63, 3.8) is 0 Å². The van der Waals surface area contributed by atoms with E-state index in [1.54, 1.807) is 11.8 Å². The van der Waals surface area contributed by atoms with E-state index in [0.29, 0.717) is 6.61 Å². The summed E-state index contributed by atoms with van der Waals surface area (Å²) in [5, 5.41) is 1.05. The molecule has 0 spiro atoms. The van der Waals surface area contributed by atoms with Crippen molar-refractivity contribution in [1.29, 1.82) is 0 Å². The Morgan fingerprint density at radius 3 is 2.71 bits per heavy atom. The Bertz CT molecular complexity index is 255. The number of carbonyl (C=O) groups excluding carboxylic acids is 1. The molecule has 4 heteroatoms. The first-order chi connectivity index (χ1) is 6.45. The Kier molecular flexibility index (Phi) is 3.59. The first-order valence-electron chi connectivity index (χ1n) is 4.83. The number of hydrogen-bond acceptors (Lipinski definition) is 4. The van der Waals surface area contributed by atoms with Crippen LogP contribution in [-0.2, 0) is 9.53 Å². The van der Waals surface area contributed by atoms with Gasteiger partial charge in [0.05, 0.1) is 11.7 Å². The summed E-state index contributed by atoms with van der Waals surface area (Å²) in [5.41, 5.74) is 0.0475. The summed E-state index contributed by atoms with van der Waals surface area (Å²) >= 11 is 1.66. The molecule has 0 bridgehead atoms. The van der Waals surface area contributed by atoms with Gasteiger partial charge in [-0.2, -0.15) is 0 Å². The Balaban J connectivity index is 2.62. The van der Waals surface area contributed by atoms with Crippen molar-refractivity contribution >= 4 is 22.8 Å². The van der Waals surface area contributed by atoms with Crippen LogP contribution in [0.1, 0.15) is 27.7 Å². The SMILES string of the molecule is CCOC(=O)[C@@H]1CSC(C(C)(C)C)=N1. The molecule has 0 fully saturated rings. The van der Waals surface area contributed by atoms with Crippen molar-refractivity contribution in [1.82, 2.24) is 0 Å². The number of rotatable bonds is 2. The Labute approximate surface area is 89.3 Å². The lowest BCUT2D eigenvalue weighted by Crippen LogP contribution is -2.22. The predicted molar refractivity (Wildman–Crippen MR) is 59.8 cm³/mol. The molecule has 0 saturated heterocycles. The zero-order valence-electron chi connectivity index (χ0n) is 9.16. The highest BCUT2D eigenvalue weighted by Crippen LogP contribution is 2.31. The van der Waals surface area contributed by atoms with E-state index in [4.69, 9.17) is 4.74 Å². The lowest BCUT2D eigenvalue weighted by Gasteiger charge is -2.16. The normalized spacial score (nSPS) is 22.0. The van der Waals surface area contributed by atoms with E-state index in [9.17, 15) is 4.79 Å². The highest BCUT2D eigenvalue weighted by molar-refractivity contribution is 8.14. The molecule has 14 heavy (non-hydrogen) atoms. The van der Waals surface area contributed by atoms with Gasteiger partial charge in [0.1, 0.15) is 0 Å². The Morgan fingerprint density at radius 2 is 2.29 bits per heavy atom. The van der Waals surface area contributed by atoms with Gasteiger partial charge in [0.25, 0.3) is 0 Å². The van der Waals surface area contributed by atoms with Gasteiger partial charge >= 0.3 is 5.97 Å². The minimum atomic E-state index is -0.283. The summed E-state index contributed by atoms with van der Waals surface area (Å²) in [6.07, 6.45) is 0. The quantitative estimate of drug-likeness (QED) is 0.662. The highest BCUT2D eigenvalue weighted by Gasteiger charge is 2.31. The molecule has 1 heterocycles. The van der Waals surface area contributed by atoms with Crippen LogP contribution in [0.5, 0.6) is 0 Å². The van der Waals surface area contributed by atoms with Gasteiger partial charge in [-0.15, -0.1) is 11.8 Å². The van der Waals surface area contributed by atoms with Crippen LogP contribution in [0.25, 0.3) is 0 Å². The smallest absolute Gasteiger partial charge is 0.331 e. The molecule has 0 aromatic heterocycles. The first kappa shape index (κ1) is 11.6. The summed E-state index contributed by atoms with van der Waals surface area (Å²) in [5.74, 6) is 0.532. The van der Waals surface area contributed by atoms with Gasteiger partial charge in [-0.25, -0.2) is 4.79 Å². The van der Waals surface area contributed by atoms with Crippen molar-refractivity contribution in [2.24, 2.45) is 10.4 Å². The van der Waals surface area contributed by atoms with E-state index in [-0.39, 0.29) is 17.4 Å². The van der Waals surface area contributed by atoms with Crippen LogP contribution in [0.15, 0.2) is 4.99 Å². The van der Waals surface area contributed by atoms with Gasteiger partial charge in [0.2, 0.25) is 0 Å². The van der Waals surface area contributed by atoms with E-state index in [1.807, 2.05) is 6.92 Å². The molecule has 0 radical (unpaired) electrons. The number of aliphatic imine (C=N–C) groups is 1. The fourth-order valence-corrected chi connectivity index (χ4v) is 2.30. The summed E-state index contributed by atoms with van der Waals surface area (Å²) < 4.78 is 4.93. The molecule has 1 atom stereocenters. The lowest BCUT2D eigenvalue weighted by atomic mass is 9.98. The maximum atomic E-state index is 11.4. The molecule has 1 aliphatic heterocycles. The average molecular weight is 215 g/mol. The van der Waals surface area contributed by atoms with Crippen LogP contribution >= 0.6 is 11.8 Å². The fraction of sp³-hybridized carbons (Fsp3) is 0.800. The third kappa shape index (κ3) is 2.74. The zero-order chi connectivity index (χ0) is 10.8. The van der Waals surface area contributed by atoms with Gasteiger partial charge < -0.3 is 4.74 Å². The van der Waals surface area contributed by atoms with Crippen molar-refractivity contribution < 1.29 is 9.53 Å². The van der Waals surface area contributed by atoms with Crippen LogP contribution in [0, 0.1) is 5.41 Å². The van der Waals surface area contributed by atoms with Gasteiger partial charge in [-0.05, 0) is 6.92 Å². The first-order valence-corrected chi connectivity index (χ1v) is 5.81. The van der Waals surface area contributed by atoms with Crippen LogP contribution in [0.2, 0.25) is 0 Å². The van der Waals surface area contributed by atoms with Crippen molar-refractivity contribution in [3.05, 3.63) is 0 Å². The van der Waals surface area contributed by atoms with Crippen LogP contribution < -0.4 is 0 Å². The van der Waals surface area contributed by atoms with E-state index < -0.39 is 0 Å². The summed E-state index contributed by atoms with van der Waals surface area (Å²) in [4.78, 5) is 15.8. The maximum Gasteiger partial charge on any atom is 0.331 e. The van der Waals surface area contributed by atoms with Crippen molar-refractivity contribution in [3.8, 4) is 0 Å². The molecule has 0 aromatic rings. The lowest BCUT2D eigenvalue weighted by molar-refractivity contribution is -0.143. The minimum Gasteiger partial charge on any atom is -0.464 e. The molecule has 1 aliphatic rings. The number of esters is 1. The number of hydrogen-bond donors (Lipinski definition) is 0. The van der Waals surface area contributed by atoms with Gasteiger partial charge in [-0.1, -0.05) is 20.8 Å². The second-order valence-corrected chi connectivity index (χ2v) is 5.27. The number of ether oxygens (including phenoxy) is 1.